The van der Waals surface area contributed by atoms with Gasteiger partial charge in [0, 0.05) is 25.4 Å². The molecular formula is C15H18N4O. The Kier molecular flexibility index (Phi) is 4.20. The fourth-order valence-corrected chi connectivity index (χ4v) is 1.99. The molecule has 0 bridgehead atoms. The van der Waals surface area contributed by atoms with E-state index in [1.165, 1.54) is 11.1 Å². The molecule has 0 saturated heterocycles. The lowest BCUT2D eigenvalue weighted by atomic mass is 10.1. The Morgan fingerprint density at radius 2 is 2.15 bits per heavy atom. The molecule has 5 heteroatoms. The van der Waals surface area contributed by atoms with Gasteiger partial charge < -0.3 is 15.8 Å². The fourth-order valence-electron chi connectivity index (χ4n) is 1.99. The van der Waals surface area contributed by atoms with Crippen LogP contribution in [0.5, 0.6) is 0 Å². The van der Waals surface area contributed by atoms with Crippen LogP contribution in [0.2, 0.25) is 0 Å². The summed E-state index contributed by atoms with van der Waals surface area (Å²) in [5, 5.41) is 11.6. The number of nitrogens with zero attached hydrogens (tertiary/aromatic N) is 3. The number of oxime groups is 1. The van der Waals surface area contributed by atoms with Crippen molar-refractivity contribution in [2.45, 2.75) is 13.5 Å². The summed E-state index contributed by atoms with van der Waals surface area (Å²) in [6.45, 7) is 2.85. The lowest BCUT2D eigenvalue weighted by Gasteiger charge is -2.18. The van der Waals surface area contributed by atoms with Crippen LogP contribution in [-0.4, -0.2) is 23.1 Å². The van der Waals surface area contributed by atoms with Crippen LogP contribution in [-0.2, 0) is 6.54 Å². The number of hydrogen-bond donors (Lipinski definition) is 2. The average molecular weight is 270 g/mol. The Balaban J connectivity index is 2.11. The fraction of sp³-hybridized carbons (Fsp3) is 0.200. The van der Waals surface area contributed by atoms with E-state index in [0.29, 0.717) is 5.56 Å². The van der Waals surface area contributed by atoms with E-state index in [9.17, 15) is 0 Å². The molecule has 3 N–H and O–H groups in total. The number of anilines is 1. The minimum absolute atomic E-state index is 0.0605. The predicted octanol–water partition coefficient (Wildman–Crippen LogP) is 2.12. The zero-order chi connectivity index (χ0) is 14.5. The van der Waals surface area contributed by atoms with E-state index in [0.717, 1.165) is 12.4 Å². The number of aryl methyl sites for hydroxylation is 1. The van der Waals surface area contributed by atoms with Crippen molar-refractivity contribution in [2.75, 3.05) is 11.9 Å². The van der Waals surface area contributed by atoms with Crippen molar-refractivity contribution in [2.24, 2.45) is 10.9 Å². The first-order valence-corrected chi connectivity index (χ1v) is 6.31. The Morgan fingerprint density at radius 3 is 2.75 bits per heavy atom. The molecule has 1 aromatic carbocycles. The highest BCUT2D eigenvalue weighted by atomic mass is 16.4. The van der Waals surface area contributed by atoms with Crippen molar-refractivity contribution >= 4 is 11.7 Å². The molecule has 1 aromatic heterocycles. The predicted molar refractivity (Wildman–Crippen MR) is 80.0 cm³/mol. The van der Waals surface area contributed by atoms with Gasteiger partial charge in [-0.05, 0) is 24.6 Å². The highest BCUT2D eigenvalue weighted by molar-refractivity contribution is 5.96. The van der Waals surface area contributed by atoms with E-state index in [1.807, 2.05) is 24.1 Å². The summed E-state index contributed by atoms with van der Waals surface area (Å²) in [5.74, 6) is 0.895. The second-order valence-corrected chi connectivity index (χ2v) is 4.74. The van der Waals surface area contributed by atoms with Gasteiger partial charge in [0.2, 0.25) is 0 Å². The van der Waals surface area contributed by atoms with Crippen molar-refractivity contribution < 1.29 is 5.21 Å². The Hall–Kier alpha value is -2.56. The highest BCUT2D eigenvalue weighted by Gasteiger charge is 2.05. The first kappa shape index (κ1) is 13.9. The smallest absolute Gasteiger partial charge is 0.171 e. The second kappa shape index (κ2) is 6.06. The molecule has 1 heterocycles. The summed E-state index contributed by atoms with van der Waals surface area (Å²) in [7, 11) is 1.98. The summed E-state index contributed by atoms with van der Waals surface area (Å²) in [6, 6.07) is 12.0. The molecule has 104 valence electrons. The van der Waals surface area contributed by atoms with E-state index in [-0.39, 0.29) is 5.84 Å². The molecule has 0 spiro atoms. The van der Waals surface area contributed by atoms with Gasteiger partial charge in [-0.2, -0.15) is 0 Å². The van der Waals surface area contributed by atoms with Crippen LogP contribution in [0, 0.1) is 6.92 Å². The molecule has 0 aliphatic carbocycles. The number of aromatic nitrogens is 1. The average Bonchev–Trinajstić information content (AvgIpc) is 2.46. The monoisotopic (exact) mass is 270 g/mol. The molecule has 0 amide bonds. The number of rotatable bonds is 4. The van der Waals surface area contributed by atoms with Crippen molar-refractivity contribution in [3.63, 3.8) is 0 Å². The van der Waals surface area contributed by atoms with Gasteiger partial charge in [0.15, 0.2) is 5.84 Å². The Bertz CT molecular complexity index is 608. The molecule has 0 atom stereocenters. The molecular weight excluding hydrogens is 252 g/mol. The van der Waals surface area contributed by atoms with Gasteiger partial charge in [-0.1, -0.05) is 35.0 Å². The van der Waals surface area contributed by atoms with Crippen LogP contribution in [0.1, 0.15) is 16.7 Å². The number of amidine groups is 1. The lowest BCUT2D eigenvalue weighted by Crippen LogP contribution is -2.19. The van der Waals surface area contributed by atoms with Gasteiger partial charge in [-0.3, -0.25) is 0 Å². The normalized spacial score (nSPS) is 11.4. The van der Waals surface area contributed by atoms with Crippen LogP contribution in [0.25, 0.3) is 0 Å². The van der Waals surface area contributed by atoms with Crippen LogP contribution < -0.4 is 10.6 Å². The third-order valence-corrected chi connectivity index (χ3v) is 3.04. The van der Waals surface area contributed by atoms with Crippen LogP contribution >= 0.6 is 0 Å². The summed E-state index contributed by atoms with van der Waals surface area (Å²) in [6.07, 6.45) is 1.59. The molecule has 0 saturated carbocycles. The summed E-state index contributed by atoms with van der Waals surface area (Å²) < 4.78 is 0. The van der Waals surface area contributed by atoms with E-state index < -0.39 is 0 Å². The van der Waals surface area contributed by atoms with Crippen molar-refractivity contribution in [3.05, 3.63) is 59.3 Å². The zero-order valence-corrected chi connectivity index (χ0v) is 11.6. The van der Waals surface area contributed by atoms with Gasteiger partial charge in [-0.25, -0.2) is 4.98 Å². The molecule has 0 fully saturated rings. The quantitative estimate of drug-likeness (QED) is 0.386. The topological polar surface area (TPSA) is 74.7 Å². The molecule has 2 rings (SSSR count). The molecule has 0 radical (unpaired) electrons. The maximum Gasteiger partial charge on any atom is 0.171 e. The molecule has 0 aliphatic heterocycles. The summed E-state index contributed by atoms with van der Waals surface area (Å²) >= 11 is 0. The lowest BCUT2D eigenvalue weighted by molar-refractivity contribution is 0.318. The third kappa shape index (κ3) is 3.26. The summed E-state index contributed by atoms with van der Waals surface area (Å²) in [5.41, 5.74) is 8.58. The van der Waals surface area contributed by atoms with E-state index in [4.69, 9.17) is 10.9 Å². The van der Waals surface area contributed by atoms with E-state index in [2.05, 4.69) is 35.3 Å². The van der Waals surface area contributed by atoms with Crippen molar-refractivity contribution in [1.29, 1.82) is 0 Å². The van der Waals surface area contributed by atoms with E-state index >= 15 is 0 Å². The van der Waals surface area contributed by atoms with Crippen molar-refractivity contribution in [1.82, 2.24) is 4.98 Å². The van der Waals surface area contributed by atoms with Crippen LogP contribution in [0.4, 0.5) is 5.82 Å². The van der Waals surface area contributed by atoms with Gasteiger partial charge in [0.05, 0.1) is 0 Å². The largest absolute Gasteiger partial charge is 0.409 e. The number of nitrogens with two attached hydrogens (primary N) is 1. The van der Waals surface area contributed by atoms with Gasteiger partial charge in [-0.15, -0.1) is 0 Å². The summed E-state index contributed by atoms with van der Waals surface area (Å²) in [4.78, 5) is 6.37. The van der Waals surface area contributed by atoms with Crippen LogP contribution in [0.3, 0.4) is 0 Å². The Morgan fingerprint density at radius 1 is 1.35 bits per heavy atom. The minimum atomic E-state index is 0.0605. The Labute approximate surface area is 118 Å². The number of pyridine rings is 1. The SMILES string of the molecule is Cc1cccc(CN(C)c2ccc(C(N)=NO)cn2)c1. The first-order chi connectivity index (χ1) is 9.60. The molecule has 0 unspecified atom stereocenters. The van der Waals surface area contributed by atoms with Gasteiger partial charge in [0.1, 0.15) is 5.82 Å². The van der Waals surface area contributed by atoms with Crippen LogP contribution in [0.15, 0.2) is 47.8 Å². The molecule has 5 nitrogen and oxygen atoms in total. The molecule has 2 aromatic rings. The van der Waals surface area contributed by atoms with Gasteiger partial charge in [0.25, 0.3) is 0 Å². The maximum atomic E-state index is 8.61. The highest BCUT2D eigenvalue weighted by Crippen LogP contribution is 2.14. The number of hydrogen-bond acceptors (Lipinski definition) is 4. The number of benzene rings is 1. The maximum absolute atomic E-state index is 8.61. The zero-order valence-electron chi connectivity index (χ0n) is 11.6. The second-order valence-electron chi connectivity index (χ2n) is 4.74. The molecule has 20 heavy (non-hydrogen) atoms. The standard InChI is InChI=1S/C15H18N4O/c1-11-4-3-5-12(8-11)10-19(2)14-7-6-13(9-17-14)15(16)18-20/h3-9,20H,10H2,1-2H3,(H2,16,18). The van der Waals surface area contributed by atoms with E-state index in [1.54, 1.807) is 12.3 Å². The van der Waals surface area contributed by atoms with Gasteiger partial charge >= 0.3 is 0 Å². The minimum Gasteiger partial charge on any atom is -0.409 e. The van der Waals surface area contributed by atoms with Crippen molar-refractivity contribution in [3.8, 4) is 0 Å². The third-order valence-electron chi connectivity index (χ3n) is 3.04. The molecule has 0 aliphatic rings. The first-order valence-electron chi connectivity index (χ1n) is 6.31.